The number of nitrogens with zero attached hydrogens (tertiary/aromatic N) is 2. The van der Waals surface area contributed by atoms with E-state index in [9.17, 15) is 4.39 Å². The van der Waals surface area contributed by atoms with Gasteiger partial charge in [-0.25, -0.2) is 9.07 Å². The zero-order chi connectivity index (χ0) is 17.8. The highest BCUT2D eigenvalue weighted by molar-refractivity contribution is 5.38. The molecule has 1 aromatic heterocycles. The number of aromatic nitrogens is 2. The molecule has 3 heteroatoms. The van der Waals surface area contributed by atoms with E-state index in [1.165, 1.54) is 6.07 Å². The van der Waals surface area contributed by atoms with Crippen LogP contribution in [-0.2, 0) is 6.42 Å². The monoisotopic (exact) mass is 335 g/mol. The van der Waals surface area contributed by atoms with E-state index in [0.717, 1.165) is 29.1 Å². The van der Waals surface area contributed by atoms with Crippen LogP contribution in [0, 0.1) is 18.7 Å². The Hall–Kier alpha value is -2.42. The predicted octanol–water partition coefficient (Wildman–Crippen LogP) is 5.57. The Morgan fingerprint density at radius 2 is 1.80 bits per heavy atom. The van der Waals surface area contributed by atoms with Gasteiger partial charge in [0.15, 0.2) is 0 Å². The molecule has 1 atom stereocenters. The molecule has 0 aliphatic carbocycles. The number of hydrogen-bond acceptors (Lipinski definition) is 1. The van der Waals surface area contributed by atoms with Crippen LogP contribution in [0.1, 0.15) is 43.1 Å². The van der Waals surface area contributed by atoms with Gasteiger partial charge in [0.25, 0.3) is 0 Å². The van der Waals surface area contributed by atoms with E-state index >= 15 is 0 Å². The molecule has 2 nitrogen and oxygen atoms in total. The minimum absolute atomic E-state index is 0.00400. The Bertz CT molecular complexity index is 821. The topological polar surface area (TPSA) is 17.8 Å². The van der Waals surface area contributed by atoms with Crippen LogP contribution >= 0.6 is 0 Å². The molecule has 0 saturated carbocycles. The summed E-state index contributed by atoms with van der Waals surface area (Å²) < 4.78 is 15.7. The molecular formula is C22H24FN2. The van der Waals surface area contributed by atoms with Gasteiger partial charge in [-0.2, -0.15) is 5.10 Å². The van der Waals surface area contributed by atoms with Crippen molar-refractivity contribution in [1.29, 1.82) is 0 Å². The quantitative estimate of drug-likeness (QED) is 0.576. The van der Waals surface area contributed by atoms with Crippen LogP contribution < -0.4 is 0 Å². The summed E-state index contributed by atoms with van der Waals surface area (Å²) in [5.41, 5.74) is 4.07. The van der Waals surface area contributed by atoms with Gasteiger partial charge in [0.2, 0.25) is 0 Å². The van der Waals surface area contributed by atoms with Crippen LogP contribution in [0.25, 0.3) is 5.69 Å². The predicted molar refractivity (Wildman–Crippen MR) is 100 cm³/mol. The third kappa shape index (κ3) is 3.98. The molecule has 0 fully saturated rings. The maximum absolute atomic E-state index is 13.7. The zero-order valence-electron chi connectivity index (χ0n) is 14.8. The Kier molecular flexibility index (Phi) is 5.32. The fourth-order valence-electron chi connectivity index (χ4n) is 3.20. The van der Waals surface area contributed by atoms with E-state index in [1.54, 1.807) is 12.1 Å². The molecule has 25 heavy (non-hydrogen) atoms. The van der Waals surface area contributed by atoms with Crippen molar-refractivity contribution in [3.63, 3.8) is 0 Å². The lowest BCUT2D eigenvalue weighted by Crippen LogP contribution is -2.09. The molecule has 0 aliphatic rings. The smallest absolute Gasteiger partial charge is 0.123 e. The molecule has 0 bridgehead atoms. The van der Waals surface area contributed by atoms with Gasteiger partial charge in [0.05, 0.1) is 17.1 Å². The molecule has 0 spiro atoms. The summed E-state index contributed by atoms with van der Waals surface area (Å²) in [6, 6.07) is 19.0. The fraction of sp³-hybridized carbons (Fsp3) is 0.273. The molecule has 3 aromatic rings. The van der Waals surface area contributed by atoms with Crippen LogP contribution in [0.2, 0.25) is 0 Å². The normalized spacial score (nSPS) is 12.5. The summed E-state index contributed by atoms with van der Waals surface area (Å²) in [4.78, 5) is 0. The minimum atomic E-state index is -0.218. The number of rotatable bonds is 6. The number of hydrogen-bond donors (Lipinski definition) is 0. The van der Waals surface area contributed by atoms with Gasteiger partial charge in [-0.05, 0) is 54.7 Å². The molecule has 1 heterocycles. The van der Waals surface area contributed by atoms with E-state index in [2.05, 4.69) is 26.8 Å². The van der Waals surface area contributed by atoms with Gasteiger partial charge in [-0.3, -0.25) is 0 Å². The van der Waals surface area contributed by atoms with Gasteiger partial charge in [-0.1, -0.05) is 51.1 Å². The van der Waals surface area contributed by atoms with Crippen molar-refractivity contribution in [2.75, 3.05) is 0 Å². The van der Waals surface area contributed by atoms with Crippen LogP contribution in [-0.4, -0.2) is 9.78 Å². The molecule has 0 aliphatic heterocycles. The summed E-state index contributed by atoms with van der Waals surface area (Å²) in [7, 11) is 0. The van der Waals surface area contributed by atoms with Crippen molar-refractivity contribution in [1.82, 2.24) is 9.78 Å². The van der Waals surface area contributed by atoms with E-state index in [1.807, 2.05) is 41.1 Å². The highest BCUT2D eigenvalue weighted by Gasteiger charge is 2.20. The first kappa shape index (κ1) is 17.4. The van der Waals surface area contributed by atoms with Crippen molar-refractivity contribution in [2.24, 2.45) is 5.92 Å². The van der Waals surface area contributed by atoms with Crippen LogP contribution in [0.4, 0.5) is 4.39 Å². The van der Waals surface area contributed by atoms with E-state index in [-0.39, 0.29) is 11.7 Å². The lowest BCUT2D eigenvalue weighted by atomic mass is 9.92. The highest BCUT2D eigenvalue weighted by Crippen LogP contribution is 2.31. The first-order valence-electron chi connectivity index (χ1n) is 8.77. The second kappa shape index (κ2) is 7.64. The number of benzene rings is 2. The van der Waals surface area contributed by atoms with Crippen molar-refractivity contribution in [3.05, 3.63) is 90.4 Å². The highest BCUT2D eigenvalue weighted by atomic mass is 19.1. The SMILES string of the molecule is [CH2]CC(c1cccc(F)c1)c1cc(CC(C)C)nn1-c1ccccc1. The van der Waals surface area contributed by atoms with Crippen LogP contribution in [0.5, 0.6) is 0 Å². The number of halogens is 1. The molecule has 0 N–H and O–H groups in total. The lowest BCUT2D eigenvalue weighted by molar-refractivity contribution is 0.619. The van der Waals surface area contributed by atoms with Gasteiger partial charge in [0, 0.05) is 5.92 Å². The summed E-state index contributed by atoms with van der Waals surface area (Å²) in [5, 5.41) is 4.83. The summed E-state index contributed by atoms with van der Waals surface area (Å²) in [6.45, 7) is 8.48. The molecule has 1 radical (unpaired) electrons. The summed E-state index contributed by atoms with van der Waals surface area (Å²) in [5.74, 6) is 0.313. The molecule has 0 saturated heterocycles. The molecule has 129 valence electrons. The summed E-state index contributed by atoms with van der Waals surface area (Å²) in [6.07, 6.45) is 1.56. The first-order valence-corrected chi connectivity index (χ1v) is 8.77. The van der Waals surface area contributed by atoms with E-state index in [4.69, 9.17) is 5.10 Å². The Morgan fingerprint density at radius 3 is 2.44 bits per heavy atom. The Balaban J connectivity index is 2.10. The third-order valence-corrected chi connectivity index (χ3v) is 4.30. The van der Waals surface area contributed by atoms with E-state index < -0.39 is 0 Å². The maximum atomic E-state index is 13.7. The molecule has 0 amide bonds. The van der Waals surface area contributed by atoms with Crippen LogP contribution in [0.3, 0.4) is 0 Å². The lowest BCUT2D eigenvalue weighted by Gasteiger charge is -2.17. The van der Waals surface area contributed by atoms with Gasteiger partial charge >= 0.3 is 0 Å². The molecule has 1 unspecified atom stereocenters. The first-order chi connectivity index (χ1) is 12.1. The standard InChI is InChI=1S/C22H24FN2/c1-4-21(17-9-8-10-18(23)14-17)22-15-19(13-16(2)3)24-25(22)20-11-6-5-7-12-20/h5-12,14-16,21H,1,4,13H2,2-3H3. The van der Waals surface area contributed by atoms with Gasteiger partial charge in [0.1, 0.15) is 5.82 Å². The average molecular weight is 335 g/mol. The van der Waals surface area contributed by atoms with Gasteiger partial charge in [-0.15, -0.1) is 0 Å². The Morgan fingerprint density at radius 1 is 1.04 bits per heavy atom. The maximum Gasteiger partial charge on any atom is 0.123 e. The minimum Gasteiger partial charge on any atom is -0.237 e. The largest absolute Gasteiger partial charge is 0.237 e. The van der Waals surface area contributed by atoms with Crippen LogP contribution in [0.15, 0.2) is 60.7 Å². The van der Waals surface area contributed by atoms with Gasteiger partial charge < -0.3 is 0 Å². The number of para-hydroxylation sites is 1. The summed E-state index contributed by atoms with van der Waals surface area (Å²) >= 11 is 0. The third-order valence-electron chi connectivity index (χ3n) is 4.30. The second-order valence-corrected chi connectivity index (χ2v) is 6.80. The fourth-order valence-corrected chi connectivity index (χ4v) is 3.20. The van der Waals surface area contributed by atoms with Crippen molar-refractivity contribution >= 4 is 0 Å². The molecule has 2 aromatic carbocycles. The Labute approximate surface area is 149 Å². The molecule has 3 rings (SSSR count). The second-order valence-electron chi connectivity index (χ2n) is 6.80. The average Bonchev–Trinajstić information content (AvgIpc) is 2.99. The molecular weight excluding hydrogens is 311 g/mol. The van der Waals surface area contributed by atoms with Crippen molar-refractivity contribution in [3.8, 4) is 5.69 Å². The van der Waals surface area contributed by atoms with E-state index in [0.29, 0.717) is 12.3 Å². The van der Waals surface area contributed by atoms with Crippen molar-refractivity contribution in [2.45, 2.75) is 32.6 Å². The zero-order valence-corrected chi connectivity index (χ0v) is 14.8. The van der Waals surface area contributed by atoms with Crippen molar-refractivity contribution < 1.29 is 4.39 Å².